The van der Waals surface area contributed by atoms with Crippen LogP contribution in [0.2, 0.25) is 0 Å². The minimum Gasteiger partial charge on any atom is -0.480 e. The quantitative estimate of drug-likeness (QED) is 0.619. The van der Waals surface area contributed by atoms with Crippen LogP contribution in [0.5, 0.6) is 0 Å². The maximum Gasteiger partial charge on any atom is 0.407 e. The van der Waals surface area contributed by atoms with Crippen LogP contribution < -0.4 is 10.6 Å². The maximum atomic E-state index is 12.3. The number of nitrogens with one attached hydrogen (secondary N) is 2. The molecule has 0 spiro atoms. The molecular formula is C23H26N2O5. The number of carboxylic acid groups (broad SMARTS) is 1. The summed E-state index contributed by atoms with van der Waals surface area (Å²) < 4.78 is 5.50. The van der Waals surface area contributed by atoms with Crippen molar-refractivity contribution in [3.63, 3.8) is 0 Å². The maximum absolute atomic E-state index is 12.3. The van der Waals surface area contributed by atoms with Crippen molar-refractivity contribution in [2.45, 2.75) is 44.7 Å². The number of carbonyl (C=O) groups excluding carboxylic acids is 2. The summed E-state index contributed by atoms with van der Waals surface area (Å²) in [6, 6.07) is 14.7. The van der Waals surface area contributed by atoms with Crippen molar-refractivity contribution in [3.05, 3.63) is 59.7 Å². The zero-order chi connectivity index (χ0) is 21.7. The van der Waals surface area contributed by atoms with Gasteiger partial charge in [-0.3, -0.25) is 9.59 Å². The minimum absolute atomic E-state index is 0.0156. The average molecular weight is 410 g/mol. The number of rotatable bonds is 8. The molecule has 3 rings (SSSR count). The van der Waals surface area contributed by atoms with Gasteiger partial charge >= 0.3 is 12.1 Å². The first-order valence-electron chi connectivity index (χ1n) is 10.0. The summed E-state index contributed by atoms with van der Waals surface area (Å²) in [4.78, 5) is 35.2. The highest BCUT2D eigenvalue weighted by atomic mass is 16.5. The average Bonchev–Trinajstić information content (AvgIpc) is 3.05. The van der Waals surface area contributed by atoms with Gasteiger partial charge in [-0.05, 0) is 35.6 Å². The Morgan fingerprint density at radius 3 is 2.10 bits per heavy atom. The highest BCUT2D eigenvalue weighted by Crippen LogP contribution is 2.44. The second-order valence-corrected chi connectivity index (χ2v) is 7.41. The Balaban J connectivity index is 1.58. The minimum atomic E-state index is -1.11. The fourth-order valence-corrected chi connectivity index (χ4v) is 3.69. The van der Waals surface area contributed by atoms with E-state index < -0.39 is 30.1 Å². The van der Waals surface area contributed by atoms with Gasteiger partial charge in [0.25, 0.3) is 0 Å². The molecule has 2 aromatic carbocycles. The second kappa shape index (κ2) is 9.43. The first-order chi connectivity index (χ1) is 14.4. The van der Waals surface area contributed by atoms with Crippen LogP contribution in [-0.4, -0.2) is 41.8 Å². The van der Waals surface area contributed by atoms with Crippen LogP contribution in [0.3, 0.4) is 0 Å². The summed E-state index contributed by atoms with van der Waals surface area (Å²) in [5, 5.41) is 14.0. The molecular weight excluding hydrogens is 384 g/mol. The molecule has 7 heteroatoms. The fraction of sp³-hybridized carbons (Fsp3) is 0.348. The Morgan fingerprint density at radius 2 is 1.57 bits per heavy atom. The monoisotopic (exact) mass is 410 g/mol. The lowest BCUT2D eigenvalue weighted by Crippen LogP contribution is -2.43. The van der Waals surface area contributed by atoms with E-state index in [4.69, 9.17) is 9.84 Å². The smallest absolute Gasteiger partial charge is 0.407 e. The van der Waals surface area contributed by atoms with E-state index >= 15 is 0 Å². The molecule has 2 atom stereocenters. The van der Waals surface area contributed by atoms with E-state index in [-0.39, 0.29) is 18.9 Å². The van der Waals surface area contributed by atoms with Crippen LogP contribution in [-0.2, 0) is 14.3 Å². The standard InChI is InChI=1S/C23H26N2O5/c1-3-15(12-21(26)24-14(2)22(27)28)25-23(29)30-13-20-18-10-6-4-8-16(18)17-9-5-7-11-19(17)20/h4-11,14-15,20H,3,12-13H2,1-2H3,(H,24,26)(H,25,29)(H,27,28)/t14?,15-/m0/s1. The van der Waals surface area contributed by atoms with Crippen molar-refractivity contribution in [1.82, 2.24) is 10.6 Å². The third-order valence-electron chi connectivity index (χ3n) is 5.34. The number of carbonyl (C=O) groups is 3. The third-order valence-corrected chi connectivity index (χ3v) is 5.34. The summed E-state index contributed by atoms with van der Waals surface area (Å²) >= 11 is 0. The van der Waals surface area contributed by atoms with E-state index in [0.29, 0.717) is 6.42 Å². The van der Waals surface area contributed by atoms with Gasteiger partial charge in [0.15, 0.2) is 0 Å². The Kier molecular flexibility index (Phi) is 6.72. The Morgan fingerprint density at radius 1 is 1.00 bits per heavy atom. The van der Waals surface area contributed by atoms with Gasteiger partial charge in [0.05, 0.1) is 0 Å². The summed E-state index contributed by atoms with van der Waals surface area (Å²) in [5.74, 6) is -1.58. The number of alkyl carbamates (subject to hydrolysis) is 1. The van der Waals surface area contributed by atoms with E-state index in [1.165, 1.54) is 6.92 Å². The fourth-order valence-electron chi connectivity index (χ4n) is 3.69. The lowest BCUT2D eigenvalue weighted by Gasteiger charge is -2.19. The van der Waals surface area contributed by atoms with Gasteiger partial charge in [-0.1, -0.05) is 55.5 Å². The summed E-state index contributed by atoms with van der Waals surface area (Å²) in [6.45, 7) is 3.42. The lowest BCUT2D eigenvalue weighted by atomic mass is 9.98. The van der Waals surface area contributed by atoms with Gasteiger partial charge in [0, 0.05) is 18.4 Å². The van der Waals surface area contributed by atoms with Crippen LogP contribution in [0.4, 0.5) is 4.79 Å². The first kappa shape index (κ1) is 21.4. The van der Waals surface area contributed by atoms with E-state index in [0.717, 1.165) is 22.3 Å². The van der Waals surface area contributed by atoms with Crippen LogP contribution in [0, 0.1) is 0 Å². The van der Waals surface area contributed by atoms with E-state index in [1.807, 2.05) is 43.3 Å². The van der Waals surface area contributed by atoms with E-state index in [2.05, 4.69) is 22.8 Å². The zero-order valence-corrected chi connectivity index (χ0v) is 17.1. The normalized spacial score (nSPS) is 14.2. The predicted octanol–water partition coefficient (Wildman–Crippen LogP) is 3.28. The SMILES string of the molecule is CC[C@@H](CC(=O)NC(C)C(=O)O)NC(=O)OCC1c2ccccc2-c2ccccc21. The van der Waals surface area contributed by atoms with E-state index in [9.17, 15) is 14.4 Å². The summed E-state index contributed by atoms with van der Waals surface area (Å²) in [6.07, 6.45) is -0.0972. The molecule has 0 saturated carbocycles. The molecule has 30 heavy (non-hydrogen) atoms. The van der Waals surface area contributed by atoms with Crippen molar-refractivity contribution >= 4 is 18.0 Å². The van der Waals surface area contributed by atoms with Crippen LogP contribution >= 0.6 is 0 Å². The molecule has 1 aliphatic rings. The Labute approximate surface area is 175 Å². The van der Waals surface area contributed by atoms with Crippen molar-refractivity contribution in [1.29, 1.82) is 0 Å². The van der Waals surface area contributed by atoms with Gasteiger partial charge in [0.2, 0.25) is 5.91 Å². The third kappa shape index (κ3) is 4.79. The van der Waals surface area contributed by atoms with Crippen molar-refractivity contribution in [2.75, 3.05) is 6.61 Å². The molecule has 0 aliphatic heterocycles. The first-order valence-corrected chi connectivity index (χ1v) is 10.0. The number of ether oxygens (including phenoxy) is 1. The zero-order valence-electron chi connectivity index (χ0n) is 17.1. The number of hydrogen-bond acceptors (Lipinski definition) is 4. The van der Waals surface area contributed by atoms with Crippen molar-refractivity contribution in [2.24, 2.45) is 0 Å². The number of aliphatic carboxylic acids is 1. The molecule has 7 nitrogen and oxygen atoms in total. The van der Waals surface area contributed by atoms with E-state index in [1.54, 1.807) is 0 Å². The molecule has 0 heterocycles. The lowest BCUT2D eigenvalue weighted by molar-refractivity contribution is -0.141. The van der Waals surface area contributed by atoms with Crippen molar-refractivity contribution in [3.8, 4) is 11.1 Å². The molecule has 0 bridgehead atoms. The molecule has 1 unspecified atom stereocenters. The van der Waals surface area contributed by atoms with Gasteiger partial charge < -0.3 is 20.5 Å². The Bertz CT molecular complexity index is 897. The molecule has 0 saturated heterocycles. The Hall–Kier alpha value is -3.35. The topological polar surface area (TPSA) is 105 Å². The molecule has 158 valence electrons. The number of fused-ring (bicyclic) bond motifs is 3. The largest absolute Gasteiger partial charge is 0.480 e. The van der Waals surface area contributed by atoms with Crippen molar-refractivity contribution < 1.29 is 24.2 Å². The van der Waals surface area contributed by atoms with Gasteiger partial charge in [0.1, 0.15) is 12.6 Å². The number of amides is 2. The van der Waals surface area contributed by atoms with Crippen LogP contribution in [0.15, 0.2) is 48.5 Å². The summed E-state index contributed by atoms with van der Waals surface area (Å²) in [7, 11) is 0. The molecule has 0 radical (unpaired) electrons. The molecule has 2 amide bonds. The number of carboxylic acids is 1. The number of benzene rings is 2. The molecule has 1 aliphatic carbocycles. The molecule has 0 fully saturated rings. The highest BCUT2D eigenvalue weighted by Gasteiger charge is 2.29. The van der Waals surface area contributed by atoms with Gasteiger partial charge in [-0.25, -0.2) is 4.79 Å². The molecule has 3 N–H and O–H groups in total. The van der Waals surface area contributed by atoms with Gasteiger partial charge in [-0.2, -0.15) is 0 Å². The van der Waals surface area contributed by atoms with Crippen LogP contribution in [0.25, 0.3) is 11.1 Å². The molecule has 2 aromatic rings. The number of hydrogen-bond donors (Lipinski definition) is 3. The predicted molar refractivity (Wildman–Crippen MR) is 112 cm³/mol. The summed E-state index contributed by atoms with van der Waals surface area (Å²) in [5.41, 5.74) is 4.55. The highest BCUT2D eigenvalue weighted by molar-refractivity contribution is 5.84. The molecule has 0 aromatic heterocycles. The second-order valence-electron chi connectivity index (χ2n) is 7.41. The van der Waals surface area contributed by atoms with Gasteiger partial charge in [-0.15, -0.1) is 0 Å². The van der Waals surface area contributed by atoms with Crippen LogP contribution in [0.1, 0.15) is 43.7 Å².